The second-order valence-electron chi connectivity index (χ2n) is 5.42. The van der Waals surface area contributed by atoms with Gasteiger partial charge in [-0.25, -0.2) is 0 Å². The highest BCUT2D eigenvalue weighted by atomic mass is 35.5. The molecular formula is C18H30ClNO2. The predicted molar refractivity (Wildman–Crippen MR) is 94.3 cm³/mol. The van der Waals surface area contributed by atoms with E-state index in [2.05, 4.69) is 19.2 Å². The number of rotatable bonds is 12. The first-order valence-electron chi connectivity index (χ1n) is 8.51. The maximum absolute atomic E-state index is 6.35. The zero-order valence-corrected chi connectivity index (χ0v) is 15.0. The van der Waals surface area contributed by atoms with Crippen LogP contribution in [0.25, 0.3) is 0 Å². The van der Waals surface area contributed by atoms with Crippen molar-refractivity contribution in [2.45, 2.75) is 59.4 Å². The smallest absolute Gasteiger partial charge is 0.179 e. The fraction of sp³-hybridized carbons (Fsp3) is 0.667. The lowest BCUT2D eigenvalue weighted by molar-refractivity contribution is 0.277. The largest absolute Gasteiger partial charge is 0.490 e. The average molecular weight is 328 g/mol. The second kappa shape index (κ2) is 11.6. The molecule has 0 aliphatic carbocycles. The minimum Gasteiger partial charge on any atom is -0.490 e. The van der Waals surface area contributed by atoms with Crippen LogP contribution in [0.4, 0.5) is 0 Å². The molecule has 0 amide bonds. The zero-order valence-electron chi connectivity index (χ0n) is 14.2. The van der Waals surface area contributed by atoms with E-state index >= 15 is 0 Å². The Kier molecular flexibility index (Phi) is 10.1. The first-order chi connectivity index (χ1) is 10.7. The summed E-state index contributed by atoms with van der Waals surface area (Å²) in [5, 5.41) is 4.09. The third-order valence-electron chi connectivity index (χ3n) is 3.36. The molecule has 0 saturated carbocycles. The van der Waals surface area contributed by atoms with Gasteiger partial charge in [-0.05, 0) is 44.0 Å². The number of halogens is 1. The first-order valence-corrected chi connectivity index (χ1v) is 8.89. The third kappa shape index (κ3) is 6.89. The standard InChI is InChI=1S/C18H30ClNO2/c1-4-7-8-9-10-20-14-15-12-16(19)18(22-11-5-2)17(13-15)21-6-3/h12-13,20H,4-11,14H2,1-3H3. The van der Waals surface area contributed by atoms with E-state index in [1.807, 2.05) is 19.1 Å². The van der Waals surface area contributed by atoms with E-state index in [9.17, 15) is 0 Å². The molecule has 0 atom stereocenters. The van der Waals surface area contributed by atoms with E-state index in [1.165, 1.54) is 25.7 Å². The molecule has 0 aromatic heterocycles. The Balaban J connectivity index is 2.60. The Hall–Kier alpha value is -0.930. The fourth-order valence-electron chi connectivity index (χ4n) is 2.24. The summed E-state index contributed by atoms with van der Waals surface area (Å²) in [5.41, 5.74) is 1.13. The summed E-state index contributed by atoms with van der Waals surface area (Å²) in [6.07, 6.45) is 6.04. The summed E-state index contributed by atoms with van der Waals surface area (Å²) < 4.78 is 11.4. The van der Waals surface area contributed by atoms with Gasteiger partial charge < -0.3 is 14.8 Å². The molecule has 1 rings (SSSR count). The molecule has 22 heavy (non-hydrogen) atoms. The summed E-state index contributed by atoms with van der Waals surface area (Å²) in [6, 6.07) is 3.99. The number of hydrogen-bond acceptors (Lipinski definition) is 3. The van der Waals surface area contributed by atoms with Crippen LogP contribution in [0, 0.1) is 0 Å². The van der Waals surface area contributed by atoms with E-state index in [-0.39, 0.29) is 0 Å². The van der Waals surface area contributed by atoms with Crippen LogP contribution in [0.15, 0.2) is 12.1 Å². The molecule has 0 saturated heterocycles. The van der Waals surface area contributed by atoms with Crippen molar-refractivity contribution in [1.29, 1.82) is 0 Å². The quantitative estimate of drug-likeness (QED) is 0.535. The van der Waals surface area contributed by atoms with E-state index < -0.39 is 0 Å². The van der Waals surface area contributed by atoms with E-state index in [1.54, 1.807) is 0 Å². The van der Waals surface area contributed by atoms with Crippen molar-refractivity contribution in [2.24, 2.45) is 0 Å². The van der Waals surface area contributed by atoms with Gasteiger partial charge >= 0.3 is 0 Å². The van der Waals surface area contributed by atoms with Crippen LogP contribution in [0.5, 0.6) is 11.5 Å². The van der Waals surface area contributed by atoms with Gasteiger partial charge in [0.05, 0.1) is 18.2 Å². The molecule has 0 aliphatic heterocycles. The minimum absolute atomic E-state index is 0.604. The van der Waals surface area contributed by atoms with E-state index in [0.717, 1.165) is 30.8 Å². The van der Waals surface area contributed by atoms with Crippen molar-refractivity contribution < 1.29 is 9.47 Å². The predicted octanol–water partition coefficient (Wildman–Crippen LogP) is 5.20. The molecule has 1 aromatic rings. The van der Waals surface area contributed by atoms with E-state index in [4.69, 9.17) is 21.1 Å². The Morgan fingerprint density at radius 1 is 1.00 bits per heavy atom. The van der Waals surface area contributed by atoms with Gasteiger partial charge in [-0.1, -0.05) is 44.7 Å². The van der Waals surface area contributed by atoms with Crippen molar-refractivity contribution in [1.82, 2.24) is 5.32 Å². The molecule has 4 heteroatoms. The Morgan fingerprint density at radius 3 is 2.50 bits per heavy atom. The Morgan fingerprint density at radius 2 is 1.82 bits per heavy atom. The zero-order chi connectivity index (χ0) is 16.2. The second-order valence-corrected chi connectivity index (χ2v) is 5.83. The summed E-state index contributed by atoms with van der Waals surface area (Å²) in [6.45, 7) is 9.37. The summed E-state index contributed by atoms with van der Waals surface area (Å²) in [7, 11) is 0. The molecule has 0 fully saturated rings. The third-order valence-corrected chi connectivity index (χ3v) is 3.64. The van der Waals surface area contributed by atoms with Gasteiger partial charge in [-0.2, -0.15) is 0 Å². The van der Waals surface area contributed by atoms with Crippen LogP contribution in [-0.2, 0) is 6.54 Å². The molecule has 126 valence electrons. The van der Waals surface area contributed by atoms with Gasteiger partial charge in [0.25, 0.3) is 0 Å². The number of ether oxygens (including phenoxy) is 2. The number of benzene rings is 1. The lowest BCUT2D eigenvalue weighted by Crippen LogP contribution is -2.15. The molecule has 0 spiro atoms. The highest BCUT2D eigenvalue weighted by Crippen LogP contribution is 2.36. The van der Waals surface area contributed by atoms with Crippen LogP contribution in [0.2, 0.25) is 5.02 Å². The number of nitrogens with one attached hydrogen (secondary N) is 1. The summed E-state index contributed by atoms with van der Waals surface area (Å²) >= 11 is 6.35. The molecule has 1 aromatic carbocycles. The average Bonchev–Trinajstić information content (AvgIpc) is 2.50. The maximum Gasteiger partial charge on any atom is 0.179 e. The van der Waals surface area contributed by atoms with Crippen molar-refractivity contribution in [3.05, 3.63) is 22.7 Å². The first kappa shape index (κ1) is 19.1. The molecule has 0 bridgehead atoms. The highest BCUT2D eigenvalue weighted by Gasteiger charge is 2.12. The van der Waals surface area contributed by atoms with Crippen molar-refractivity contribution in [2.75, 3.05) is 19.8 Å². The Labute approximate surface area is 140 Å². The summed E-state index contributed by atoms with van der Waals surface area (Å²) in [5.74, 6) is 1.41. The maximum atomic E-state index is 6.35. The molecule has 3 nitrogen and oxygen atoms in total. The van der Waals surface area contributed by atoms with Crippen LogP contribution < -0.4 is 14.8 Å². The normalized spacial score (nSPS) is 10.7. The van der Waals surface area contributed by atoms with Crippen LogP contribution in [0.3, 0.4) is 0 Å². The van der Waals surface area contributed by atoms with Crippen LogP contribution in [-0.4, -0.2) is 19.8 Å². The van der Waals surface area contributed by atoms with Gasteiger partial charge in [0, 0.05) is 6.54 Å². The topological polar surface area (TPSA) is 30.5 Å². The Bertz CT molecular complexity index is 424. The molecule has 0 unspecified atom stereocenters. The SMILES string of the molecule is CCCCCCNCc1cc(Cl)c(OCCC)c(OCC)c1. The molecule has 0 radical (unpaired) electrons. The van der Waals surface area contributed by atoms with Crippen molar-refractivity contribution in [3.8, 4) is 11.5 Å². The monoisotopic (exact) mass is 327 g/mol. The van der Waals surface area contributed by atoms with Gasteiger partial charge in [-0.3, -0.25) is 0 Å². The minimum atomic E-state index is 0.604. The number of hydrogen-bond donors (Lipinski definition) is 1. The highest BCUT2D eigenvalue weighted by molar-refractivity contribution is 6.32. The summed E-state index contributed by atoms with van der Waals surface area (Å²) in [4.78, 5) is 0. The molecule has 0 aliphatic rings. The van der Waals surface area contributed by atoms with Crippen LogP contribution in [0.1, 0.15) is 58.4 Å². The van der Waals surface area contributed by atoms with Crippen molar-refractivity contribution in [3.63, 3.8) is 0 Å². The van der Waals surface area contributed by atoms with Gasteiger partial charge in [-0.15, -0.1) is 0 Å². The molecular weight excluding hydrogens is 298 g/mol. The van der Waals surface area contributed by atoms with Gasteiger partial charge in [0.15, 0.2) is 11.5 Å². The fourth-order valence-corrected chi connectivity index (χ4v) is 2.53. The lowest BCUT2D eigenvalue weighted by atomic mass is 10.2. The lowest BCUT2D eigenvalue weighted by Gasteiger charge is -2.15. The molecule has 0 heterocycles. The van der Waals surface area contributed by atoms with E-state index in [0.29, 0.717) is 24.0 Å². The van der Waals surface area contributed by atoms with Crippen LogP contribution >= 0.6 is 11.6 Å². The van der Waals surface area contributed by atoms with Crippen molar-refractivity contribution >= 4 is 11.6 Å². The van der Waals surface area contributed by atoms with Gasteiger partial charge in [0.1, 0.15) is 0 Å². The van der Waals surface area contributed by atoms with Gasteiger partial charge in [0.2, 0.25) is 0 Å². The molecule has 1 N–H and O–H groups in total. The number of unbranched alkanes of at least 4 members (excludes halogenated alkanes) is 3.